The van der Waals surface area contributed by atoms with Gasteiger partial charge < -0.3 is 25.1 Å². The molecule has 11 heteroatoms. The van der Waals surface area contributed by atoms with Crippen LogP contribution in [0.5, 0.6) is 0 Å². The average Bonchev–Trinajstić information content (AvgIpc) is 3.20. The van der Waals surface area contributed by atoms with E-state index < -0.39 is 23.3 Å². The lowest BCUT2D eigenvalue weighted by Crippen LogP contribution is -2.51. The summed E-state index contributed by atoms with van der Waals surface area (Å²) < 4.78 is 8.29. The summed E-state index contributed by atoms with van der Waals surface area (Å²) in [6, 6.07) is -0.809. The largest absolute Gasteiger partial charge is 0.446 e. The van der Waals surface area contributed by atoms with E-state index in [0.29, 0.717) is 51.0 Å². The number of likely N-dealkylation sites (tertiary alicyclic amines) is 1. The van der Waals surface area contributed by atoms with Gasteiger partial charge in [-0.1, -0.05) is 33.6 Å². The van der Waals surface area contributed by atoms with Crippen molar-refractivity contribution in [3.05, 3.63) is 0 Å². The van der Waals surface area contributed by atoms with Gasteiger partial charge in [0.25, 0.3) is 0 Å². The van der Waals surface area contributed by atoms with Crippen LogP contribution in [0.3, 0.4) is 0 Å². The first-order chi connectivity index (χ1) is 19.0. The van der Waals surface area contributed by atoms with Gasteiger partial charge >= 0.3 is 6.09 Å². The van der Waals surface area contributed by atoms with Crippen molar-refractivity contribution in [3.8, 4) is 0 Å². The van der Waals surface area contributed by atoms with Crippen LogP contribution < -0.4 is 15.4 Å². The number of nitrogens with one attached hydrogen (secondary N) is 3. The minimum absolute atomic E-state index is 0.0329. The van der Waals surface area contributed by atoms with E-state index in [0.717, 1.165) is 37.6 Å². The molecule has 3 aliphatic rings. The Labute approximate surface area is 243 Å². The molecule has 3 atom stereocenters. The fourth-order valence-electron chi connectivity index (χ4n) is 6.36. The maximum Gasteiger partial charge on any atom is 0.417 e. The van der Waals surface area contributed by atoms with Crippen LogP contribution in [-0.2, 0) is 23.9 Å². The van der Waals surface area contributed by atoms with Crippen molar-refractivity contribution >= 4 is 42.0 Å². The van der Waals surface area contributed by atoms with Crippen LogP contribution in [0.1, 0.15) is 98.3 Å². The van der Waals surface area contributed by atoms with E-state index in [1.165, 1.54) is 12.8 Å². The highest BCUT2D eigenvalue weighted by atomic mass is 32.2. The lowest BCUT2D eigenvalue weighted by Gasteiger charge is -2.39. The van der Waals surface area contributed by atoms with Crippen LogP contribution in [0.2, 0.25) is 0 Å². The van der Waals surface area contributed by atoms with E-state index in [1.807, 2.05) is 13.8 Å². The lowest BCUT2D eigenvalue weighted by molar-refractivity contribution is -0.130. The van der Waals surface area contributed by atoms with Crippen molar-refractivity contribution in [2.24, 2.45) is 17.8 Å². The molecule has 0 radical (unpaired) electrons. The molecule has 3 N–H and O–H groups in total. The Bertz CT molecular complexity index is 899. The molecule has 10 nitrogen and oxygen atoms in total. The molecule has 1 aliphatic carbocycles. The number of carbonyl (C=O) groups is 5. The van der Waals surface area contributed by atoms with Gasteiger partial charge in [-0.2, -0.15) is 0 Å². The zero-order valence-electron chi connectivity index (χ0n) is 24.5. The minimum Gasteiger partial charge on any atom is -0.446 e. The van der Waals surface area contributed by atoms with Crippen LogP contribution in [0, 0.1) is 17.8 Å². The Hall–Kier alpha value is -2.30. The number of rotatable bonds is 12. The summed E-state index contributed by atoms with van der Waals surface area (Å²) in [6.45, 7) is 8.92. The maximum absolute atomic E-state index is 13.2. The second-order valence-corrected chi connectivity index (χ2v) is 13.3. The van der Waals surface area contributed by atoms with Gasteiger partial charge in [-0.25, -0.2) is 4.79 Å². The molecule has 0 bridgehead atoms. The molecule has 226 valence electrons. The van der Waals surface area contributed by atoms with Crippen molar-refractivity contribution in [2.75, 3.05) is 13.1 Å². The first-order valence-corrected chi connectivity index (χ1v) is 15.9. The molecule has 0 aromatic carbocycles. The normalized spacial score (nSPS) is 25.7. The molecule has 4 amide bonds. The molecular formula is C29H48N4O6S. The van der Waals surface area contributed by atoms with Crippen molar-refractivity contribution < 1.29 is 28.7 Å². The summed E-state index contributed by atoms with van der Waals surface area (Å²) in [5.74, 6) is 0.0815. The van der Waals surface area contributed by atoms with Gasteiger partial charge in [-0.15, -0.1) is 0 Å². The fraction of sp³-hybridized carbons (Fsp3) is 0.828. The molecule has 2 aliphatic heterocycles. The Morgan fingerprint density at radius 3 is 2.42 bits per heavy atom. The summed E-state index contributed by atoms with van der Waals surface area (Å²) in [7, 11) is 0. The average molecular weight is 581 g/mol. The van der Waals surface area contributed by atoms with Gasteiger partial charge in [-0.05, 0) is 81.6 Å². The van der Waals surface area contributed by atoms with E-state index in [-0.39, 0.29) is 41.7 Å². The number of nitrogens with zero attached hydrogens (tertiary/aromatic N) is 1. The third-order valence-corrected chi connectivity index (χ3v) is 9.59. The quantitative estimate of drug-likeness (QED) is 0.237. The number of aldehydes is 1. The van der Waals surface area contributed by atoms with Crippen LogP contribution in [0.15, 0.2) is 0 Å². The first kappa shape index (κ1) is 32.2. The number of hydrogen-bond acceptors (Lipinski definition) is 7. The smallest absolute Gasteiger partial charge is 0.417 e. The Kier molecular flexibility index (Phi) is 12.1. The van der Waals surface area contributed by atoms with Gasteiger partial charge in [0.1, 0.15) is 17.6 Å². The summed E-state index contributed by atoms with van der Waals surface area (Å²) in [5, 5.41) is 5.31. The molecule has 40 heavy (non-hydrogen) atoms. The number of hydrogen-bond donors (Lipinski definition) is 3. The molecule has 3 rings (SSSR count). The molecule has 2 saturated heterocycles. The van der Waals surface area contributed by atoms with Gasteiger partial charge in [0.2, 0.25) is 17.7 Å². The lowest BCUT2D eigenvalue weighted by atomic mass is 9.82. The van der Waals surface area contributed by atoms with Crippen molar-refractivity contribution in [1.29, 1.82) is 0 Å². The van der Waals surface area contributed by atoms with Crippen molar-refractivity contribution in [1.82, 2.24) is 20.3 Å². The second kappa shape index (κ2) is 15.1. The number of piperidine rings is 1. The zero-order valence-corrected chi connectivity index (χ0v) is 25.4. The third-order valence-electron chi connectivity index (χ3n) is 8.62. The van der Waals surface area contributed by atoms with E-state index in [4.69, 9.17) is 4.74 Å². The highest BCUT2D eigenvalue weighted by Crippen LogP contribution is 2.36. The Morgan fingerprint density at radius 2 is 1.85 bits per heavy atom. The molecule has 2 unspecified atom stereocenters. The molecule has 0 aromatic heterocycles. The maximum atomic E-state index is 13.2. The molecule has 1 spiro atoms. The van der Waals surface area contributed by atoms with Crippen molar-refractivity contribution in [3.63, 3.8) is 0 Å². The van der Waals surface area contributed by atoms with Crippen LogP contribution >= 0.6 is 11.9 Å². The van der Waals surface area contributed by atoms with E-state index >= 15 is 0 Å². The van der Waals surface area contributed by atoms with Gasteiger partial charge in [-0.3, -0.25) is 19.1 Å². The third kappa shape index (κ3) is 9.38. The minimum atomic E-state index is -0.809. The SMILES string of the molecule is CCCC1CCC(OC(=O)NS[C@@H](CC(C)C)C(=O)NC(C=O)CC2CC3(CCN(C(C)=O)CC3)NC2=O)CC1. The molecule has 0 aromatic rings. The van der Waals surface area contributed by atoms with Crippen molar-refractivity contribution in [2.45, 2.75) is 121 Å². The standard InChI is InChI=1S/C29H48N4O6S/c1-5-6-21-7-9-24(10-8-21)39-28(38)32-40-25(15-19(2)3)27(37)30-23(18-34)16-22-17-29(31-26(22)36)11-13-33(14-12-29)20(4)35/h18-19,21-25H,5-17H2,1-4H3,(H,30,37)(H,31,36)(H,32,38)/t21?,22?,23?,24?,25-/m0/s1. The van der Waals surface area contributed by atoms with Crippen LogP contribution in [-0.4, -0.2) is 71.0 Å². The van der Waals surface area contributed by atoms with Gasteiger partial charge in [0, 0.05) is 31.5 Å². The predicted molar refractivity (Wildman–Crippen MR) is 154 cm³/mol. The van der Waals surface area contributed by atoms with E-state index in [9.17, 15) is 24.0 Å². The Morgan fingerprint density at radius 1 is 1.18 bits per heavy atom. The van der Waals surface area contributed by atoms with Crippen LogP contribution in [0.4, 0.5) is 4.79 Å². The van der Waals surface area contributed by atoms with E-state index in [2.05, 4.69) is 22.3 Å². The second-order valence-electron chi connectivity index (χ2n) is 12.3. The number of ether oxygens (including phenoxy) is 1. The molecule has 3 fully saturated rings. The summed E-state index contributed by atoms with van der Waals surface area (Å²) in [6.07, 6.45) is 8.97. The Balaban J connectivity index is 1.48. The summed E-state index contributed by atoms with van der Waals surface area (Å²) in [5.41, 5.74) is -0.360. The highest BCUT2D eigenvalue weighted by molar-refractivity contribution is 7.99. The summed E-state index contributed by atoms with van der Waals surface area (Å²) in [4.78, 5) is 63.8. The number of carbonyl (C=O) groups excluding carboxylic acids is 5. The molecule has 2 heterocycles. The monoisotopic (exact) mass is 580 g/mol. The summed E-state index contributed by atoms with van der Waals surface area (Å²) >= 11 is 1.02. The van der Waals surface area contributed by atoms with Gasteiger partial charge in [0.15, 0.2) is 0 Å². The first-order valence-electron chi connectivity index (χ1n) is 15.0. The zero-order chi connectivity index (χ0) is 29.3. The number of amides is 4. The highest BCUT2D eigenvalue weighted by Gasteiger charge is 2.46. The van der Waals surface area contributed by atoms with Gasteiger partial charge in [0.05, 0.1) is 6.04 Å². The molecule has 1 saturated carbocycles. The fourth-order valence-corrected chi connectivity index (χ4v) is 7.30. The molecular weight excluding hydrogens is 532 g/mol. The van der Waals surface area contributed by atoms with Crippen LogP contribution in [0.25, 0.3) is 0 Å². The predicted octanol–water partition coefficient (Wildman–Crippen LogP) is 3.73. The van der Waals surface area contributed by atoms with E-state index in [1.54, 1.807) is 11.8 Å². The topological polar surface area (TPSA) is 134 Å².